The van der Waals surface area contributed by atoms with Crippen molar-refractivity contribution in [1.82, 2.24) is 0 Å². The Balaban J connectivity index is 2.54. The summed E-state index contributed by atoms with van der Waals surface area (Å²) in [6, 6.07) is 17.3. The van der Waals surface area contributed by atoms with Gasteiger partial charge in [-0.2, -0.15) is 0 Å². The van der Waals surface area contributed by atoms with Crippen molar-refractivity contribution in [3.8, 4) is 11.5 Å². The van der Waals surface area contributed by atoms with E-state index in [1.54, 1.807) is 0 Å². The third-order valence-electron chi connectivity index (χ3n) is 9.35. The molecule has 2 atom stereocenters. The predicted molar refractivity (Wildman–Crippen MR) is 195 cm³/mol. The molecule has 45 heavy (non-hydrogen) atoms. The predicted octanol–water partition coefficient (Wildman–Crippen LogP) is 11.3. The Morgan fingerprint density at radius 1 is 0.556 bits per heavy atom. The van der Waals surface area contributed by atoms with Gasteiger partial charge < -0.3 is 18.4 Å². The van der Waals surface area contributed by atoms with E-state index in [0.29, 0.717) is 6.04 Å². The molecule has 0 aliphatic heterocycles. The lowest BCUT2D eigenvalue weighted by Crippen LogP contribution is -2.62. The molecule has 0 heterocycles. The van der Waals surface area contributed by atoms with Gasteiger partial charge in [0.2, 0.25) is 0 Å². The first-order chi connectivity index (χ1) is 21.3. The van der Waals surface area contributed by atoms with Gasteiger partial charge in [-0.05, 0) is 71.9 Å². The molecule has 0 spiro atoms. The Morgan fingerprint density at radius 3 is 1.24 bits per heavy atom. The molecule has 0 aromatic heterocycles. The lowest BCUT2D eigenvalue weighted by molar-refractivity contribution is -0.955. The Hall–Kier alpha value is -1.98. The highest BCUT2D eigenvalue weighted by atomic mass is 16.7. The van der Waals surface area contributed by atoms with Crippen molar-refractivity contribution in [1.29, 1.82) is 0 Å². The van der Waals surface area contributed by atoms with Crippen molar-refractivity contribution in [3.63, 3.8) is 0 Å². The molecule has 2 aromatic carbocycles. The molecule has 2 aromatic rings. The molecule has 0 radical (unpaired) electrons. The first kappa shape index (κ1) is 39.2. The number of nitrogens with zero attached hydrogens (tertiary/aromatic N) is 1. The highest BCUT2D eigenvalue weighted by molar-refractivity contribution is 6.38. The molecule has 0 aliphatic carbocycles. The maximum atomic E-state index is 7.09. The van der Waals surface area contributed by atoms with Gasteiger partial charge in [0.1, 0.15) is 17.5 Å². The van der Waals surface area contributed by atoms with Crippen LogP contribution >= 0.6 is 0 Å². The average molecular weight is 623 g/mol. The third-order valence-corrected chi connectivity index (χ3v) is 9.35. The minimum atomic E-state index is -0.840. The van der Waals surface area contributed by atoms with E-state index in [1.807, 2.05) is 0 Å². The highest BCUT2D eigenvalue weighted by Gasteiger charge is 2.44. The zero-order valence-electron chi connectivity index (χ0n) is 31.2. The fourth-order valence-electron chi connectivity index (χ4n) is 6.51. The third kappa shape index (κ3) is 12.6. The van der Waals surface area contributed by atoms with Crippen LogP contribution in [0.15, 0.2) is 48.5 Å². The van der Waals surface area contributed by atoms with E-state index in [9.17, 15) is 0 Å². The first-order valence-corrected chi connectivity index (χ1v) is 18.4. The normalized spacial score (nSPS) is 13.8. The van der Waals surface area contributed by atoms with Crippen LogP contribution in [0.5, 0.6) is 11.5 Å². The summed E-state index contributed by atoms with van der Waals surface area (Å²) >= 11 is 0. The largest absolute Gasteiger partial charge is 0.788 e. The number of unbranched alkanes of at least 4 members (excludes halogenated alkanes) is 3. The van der Waals surface area contributed by atoms with Gasteiger partial charge >= 0.3 is 7.32 Å². The minimum Gasteiger partial charge on any atom is -0.501 e. The van der Waals surface area contributed by atoms with Crippen molar-refractivity contribution in [3.05, 3.63) is 59.7 Å². The van der Waals surface area contributed by atoms with E-state index in [0.717, 1.165) is 41.7 Å². The van der Waals surface area contributed by atoms with Crippen molar-refractivity contribution in [2.75, 3.05) is 19.6 Å². The van der Waals surface area contributed by atoms with E-state index >= 15 is 0 Å². The van der Waals surface area contributed by atoms with Crippen LogP contribution in [0.25, 0.3) is 0 Å². The minimum absolute atomic E-state index is 0.0354. The lowest BCUT2D eigenvalue weighted by atomic mass is 9.87. The number of hydrogen-bond acceptors (Lipinski definition) is 3. The summed E-state index contributed by atoms with van der Waals surface area (Å²) in [6.07, 6.45) is 11.8. The molecule has 0 N–H and O–H groups in total. The van der Waals surface area contributed by atoms with Gasteiger partial charge in [0.05, 0.1) is 25.7 Å². The highest BCUT2D eigenvalue weighted by Crippen LogP contribution is 2.31. The fourth-order valence-corrected chi connectivity index (χ4v) is 6.51. The van der Waals surface area contributed by atoms with Crippen molar-refractivity contribution in [2.45, 2.75) is 163 Å². The summed E-state index contributed by atoms with van der Waals surface area (Å²) in [6.45, 7) is 28.7. The summed E-state index contributed by atoms with van der Waals surface area (Å²) in [5, 5.41) is 0. The summed E-state index contributed by atoms with van der Waals surface area (Å²) in [5.74, 6) is 1.54. The van der Waals surface area contributed by atoms with Crippen LogP contribution in [0.4, 0.5) is 0 Å². The molecule has 0 bridgehead atoms. The Labute approximate surface area is 279 Å². The molecule has 0 fully saturated rings. The first-order valence-electron chi connectivity index (χ1n) is 18.4. The maximum Gasteiger partial charge on any atom is 0.788 e. The van der Waals surface area contributed by atoms with E-state index < -0.39 is 7.32 Å². The fraction of sp³-hybridized carbons (Fsp3) is 0.700. The summed E-state index contributed by atoms with van der Waals surface area (Å²) < 4.78 is 21.4. The molecule has 0 saturated heterocycles. The second-order valence-electron chi connectivity index (χ2n) is 15.3. The van der Waals surface area contributed by atoms with E-state index in [4.69, 9.17) is 14.0 Å². The van der Waals surface area contributed by atoms with Crippen molar-refractivity contribution >= 4 is 7.32 Å². The molecule has 4 nitrogen and oxygen atoms in total. The molecular weight excluding hydrogens is 553 g/mol. The monoisotopic (exact) mass is 623 g/mol. The van der Waals surface area contributed by atoms with Gasteiger partial charge in [-0.3, -0.25) is 0 Å². The second kappa shape index (κ2) is 19.0. The topological polar surface area (TPSA) is 27.7 Å². The Kier molecular flexibility index (Phi) is 16.5. The van der Waals surface area contributed by atoms with Crippen LogP contribution in [0, 0.1) is 0 Å². The zero-order valence-corrected chi connectivity index (χ0v) is 31.2. The summed E-state index contributed by atoms with van der Waals surface area (Å²) in [7, 11) is -0.840. The van der Waals surface area contributed by atoms with E-state index in [2.05, 4.69) is 125 Å². The van der Waals surface area contributed by atoms with Crippen LogP contribution in [-0.2, 0) is 15.5 Å². The number of hydrogen-bond donors (Lipinski definition) is 0. The molecule has 254 valence electrons. The van der Waals surface area contributed by atoms with Crippen LogP contribution in [0.2, 0.25) is 0 Å². The maximum absolute atomic E-state index is 7.09. The average Bonchev–Trinajstić information content (AvgIpc) is 2.99. The van der Waals surface area contributed by atoms with E-state index in [1.165, 1.54) is 69.3 Å². The van der Waals surface area contributed by atoms with Crippen LogP contribution < -0.4 is 9.31 Å². The molecular formula is C40H69BNO3+. The lowest BCUT2D eigenvalue weighted by Gasteiger charge is -2.48. The summed E-state index contributed by atoms with van der Waals surface area (Å²) in [4.78, 5) is 0. The van der Waals surface area contributed by atoms with Gasteiger partial charge in [-0.15, -0.1) is 0 Å². The molecule has 0 saturated carbocycles. The van der Waals surface area contributed by atoms with Gasteiger partial charge in [0, 0.05) is 6.42 Å². The quantitative estimate of drug-likeness (QED) is 0.102. The smallest absolute Gasteiger partial charge is 0.501 e. The molecule has 5 heteroatoms. The second-order valence-corrected chi connectivity index (χ2v) is 15.3. The SMILES string of the molecule is CCCC[N+](CCCC)(CCCC)C(CCC)C(CCC)OB(Oc1ccc(C(C)(C)C)cc1)Oc1ccc(C(C)(C)C)cc1. The summed E-state index contributed by atoms with van der Waals surface area (Å²) in [5.41, 5.74) is 2.72. The Bertz CT molecular complexity index is 974. The van der Waals surface area contributed by atoms with E-state index in [-0.39, 0.29) is 16.9 Å². The van der Waals surface area contributed by atoms with Crippen LogP contribution in [-0.4, -0.2) is 43.6 Å². The van der Waals surface area contributed by atoms with Crippen LogP contribution in [0.1, 0.15) is 151 Å². The standard InChI is InChI=1S/C40H69BNO3/c1-12-17-30-42(31-18-13-2,32-19-14-3)37(20-15-4)38(21-16-5)45-41(43-35-26-22-33(23-27-35)39(6,7)8)44-36-28-24-34(25-29-36)40(9,10)11/h22-29,37-38H,12-21,30-32H2,1-11H3/q+1. The molecule has 2 unspecified atom stereocenters. The van der Waals surface area contributed by atoms with Gasteiger partial charge in [-0.1, -0.05) is 133 Å². The van der Waals surface area contributed by atoms with Crippen molar-refractivity contribution in [2.24, 2.45) is 0 Å². The number of benzene rings is 2. The van der Waals surface area contributed by atoms with Crippen LogP contribution in [0.3, 0.4) is 0 Å². The van der Waals surface area contributed by atoms with Gasteiger partial charge in [0.25, 0.3) is 0 Å². The van der Waals surface area contributed by atoms with Gasteiger partial charge in [-0.25, -0.2) is 0 Å². The molecule has 0 aliphatic rings. The Morgan fingerprint density at radius 2 is 0.933 bits per heavy atom. The zero-order chi connectivity index (χ0) is 33.5. The van der Waals surface area contributed by atoms with Gasteiger partial charge in [0.15, 0.2) is 0 Å². The molecule has 0 amide bonds. The molecule has 2 rings (SSSR count). The number of quaternary nitrogens is 1. The number of rotatable bonds is 21. The van der Waals surface area contributed by atoms with Crippen molar-refractivity contribution < 1.29 is 18.4 Å².